The first kappa shape index (κ1) is 19.7. The Morgan fingerprint density at radius 2 is 1.93 bits per heavy atom. The van der Waals surface area contributed by atoms with Crippen LogP contribution in [0.3, 0.4) is 0 Å². The van der Waals surface area contributed by atoms with E-state index in [0.29, 0.717) is 26.2 Å². The van der Waals surface area contributed by atoms with Crippen LogP contribution in [-0.4, -0.2) is 69.6 Å². The number of para-hydroxylation sites is 1. The Hall–Kier alpha value is -3.62. The van der Waals surface area contributed by atoms with E-state index in [-0.39, 0.29) is 5.91 Å². The van der Waals surface area contributed by atoms with E-state index in [1.807, 2.05) is 65.6 Å². The van der Waals surface area contributed by atoms with E-state index in [9.17, 15) is 4.79 Å². The first-order valence-corrected chi connectivity index (χ1v) is 9.97. The molecule has 3 aromatic rings. The maximum atomic E-state index is 12.6. The molecule has 1 aliphatic heterocycles. The van der Waals surface area contributed by atoms with Crippen molar-refractivity contribution >= 4 is 17.6 Å². The number of hydrogen-bond acceptors (Lipinski definition) is 4. The van der Waals surface area contributed by atoms with Gasteiger partial charge in [0.15, 0.2) is 5.96 Å². The molecule has 0 bridgehead atoms. The molecule has 9 nitrogen and oxygen atoms in total. The molecule has 1 aliphatic rings. The van der Waals surface area contributed by atoms with Gasteiger partial charge >= 0.3 is 0 Å². The van der Waals surface area contributed by atoms with Gasteiger partial charge in [-0.25, -0.2) is 4.68 Å². The zero-order chi connectivity index (χ0) is 20.9. The number of benzene rings is 1. The van der Waals surface area contributed by atoms with E-state index >= 15 is 0 Å². The molecule has 0 saturated carbocycles. The van der Waals surface area contributed by atoms with Gasteiger partial charge in [-0.05, 0) is 24.1 Å². The molecule has 30 heavy (non-hydrogen) atoms. The summed E-state index contributed by atoms with van der Waals surface area (Å²) in [6.07, 6.45) is 8.31. The summed E-state index contributed by atoms with van der Waals surface area (Å²) in [5.74, 6) is 0.783. The molecule has 1 fully saturated rings. The minimum Gasteiger partial charge on any atom is -0.356 e. The van der Waals surface area contributed by atoms with Gasteiger partial charge in [-0.15, -0.1) is 0 Å². The summed E-state index contributed by atoms with van der Waals surface area (Å²) in [7, 11) is 3.59. The third kappa shape index (κ3) is 4.35. The molecule has 0 aliphatic carbocycles. The number of nitrogens with one attached hydrogen (secondary N) is 1. The highest BCUT2D eigenvalue weighted by Crippen LogP contribution is 2.16. The van der Waals surface area contributed by atoms with Crippen molar-refractivity contribution in [3.05, 3.63) is 60.7 Å². The lowest BCUT2D eigenvalue weighted by molar-refractivity contribution is -0.120. The zero-order valence-corrected chi connectivity index (χ0v) is 17.3. The van der Waals surface area contributed by atoms with Gasteiger partial charge in [0.2, 0.25) is 5.91 Å². The Morgan fingerprint density at radius 3 is 2.63 bits per heavy atom. The highest BCUT2D eigenvalue weighted by molar-refractivity contribution is 5.98. The average Bonchev–Trinajstić information content (AvgIpc) is 3.41. The topological polar surface area (TPSA) is 83.6 Å². The summed E-state index contributed by atoms with van der Waals surface area (Å²) >= 11 is 0. The second-order valence-corrected chi connectivity index (χ2v) is 7.19. The molecular formula is C21H26N8O. The van der Waals surface area contributed by atoms with Gasteiger partial charge in [0.05, 0.1) is 23.8 Å². The van der Waals surface area contributed by atoms with E-state index < -0.39 is 0 Å². The highest BCUT2D eigenvalue weighted by atomic mass is 16.2. The van der Waals surface area contributed by atoms with Crippen molar-refractivity contribution in [1.29, 1.82) is 0 Å². The van der Waals surface area contributed by atoms with Gasteiger partial charge in [0, 0.05) is 46.1 Å². The number of amides is 1. The molecule has 156 valence electrons. The van der Waals surface area contributed by atoms with Gasteiger partial charge in [-0.3, -0.25) is 14.5 Å². The first-order chi connectivity index (χ1) is 14.6. The van der Waals surface area contributed by atoms with Crippen LogP contribution in [-0.2, 0) is 18.3 Å². The summed E-state index contributed by atoms with van der Waals surface area (Å²) in [6, 6.07) is 10.0. The Balaban J connectivity index is 1.29. The number of guanidine groups is 1. The second kappa shape index (κ2) is 8.81. The van der Waals surface area contributed by atoms with Crippen LogP contribution in [0.2, 0.25) is 0 Å². The summed E-state index contributed by atoms with van der Waals surface area (Å²) in [4.78, 5) is 20.7. The van der Waals surface area contributed by atoms with Crippen LogP contribution in [0.5, 0.6) is 0 Å². The first-order valence-electron chi connectivity index (χ1n) is 9.97. The number of hydrogen-bond donors (Lipinski definition) is 1. The maximum Gasteiger partial charge on any atom is 0.246 e. The van der Waals surface area contributed by atoms with E-state index in [2.05, 4.69) is 20.5 Å². The number of carbonyl (C=O) groups excluding carboxylic acids is 1. The number of rotatable bonds is 5. The quantitative estimate of drug-likeness (QED) is 0.506. The van der Waals surface area contributed by atoms with Gasteiger partial charge < -0.3 is 15.1 Å². The van der Waals surface area contributed by atoms with E-state index in [4.69, 9.17) is 0 Å². The van der Waals surface area contributed by atoms with Crippen molar-refractivity contribution in [2.24, 2.45) is 12.0 Å². The van der Waals surface area contributed by atoms with Crippen molar-refractivity contribution in [3.63, 3.8) is 0 Å². The van der Waals surface area contributed by atoms with Crippen LogP contribution in [0.15, 0.2) is 60.1 Å². The maximum absolute atomic E-state index is 12.6. The Bertz CT molecular complexity index is 1020. The van der Waals surface area contributed by atoms with Crippen LogP contribution in [0.1, 0.15) is 5.56 Å². The van der Waals surface area contributed by atoms with Gasteiger partial charge in [-0.1, -0.05) is 18.2 Å². The van der Waals surface area contributed by atoms with Crippen LogP contribution in [0.25, 0.3) is 5.69 Å². The molecule has 3 heterocycles. The van der Waals surface area contributed by atoms with Crippen LogP contribution >= 0.6 is 0 Å². The molecule has 1 amide bonds. The molecular weight excluding hydrogens is 380 g/mol. The minimum atomic E-state index is 0.0429. The molecule has 9 heteroatoms. The fraction of sp³-hybridized carbons (Fsp3) is 0.333. The van der Waals surface area contributed by atoms with Crippen molar-refractivity contribution in [2.75, 3.05) is 38.1 Å². The molecule has 4 rings (SSSR count). The number of carbonyl (C=O) groups is 1. The number of aliphatic imine (C=N–C) groups is 1. The summed E-state index contributed by atoms with van der Waals surface area (Å²) in [5, 5.41) is 12.0. The predicted molar refractivity (Wildman–Crippen MR) is 116 cm³/mol. The molecule has 1 saturated heterocycles. The van der Waals surface area contributed by atoms with Gasteiger partial charge in [-0.2, -0.15) is 10.2 Å². The SMILES string of the molecule is CN=C(NCCc1cnn(-c2ccccc2)c1)N1CCN(c2cnn(C)c2)C(=O)C1. The number of piperazine rings is 1. The van der Waals surface area contributed by atoms with Gasteiger partial charge in [0.25, 0.3) is 0 Å². The molecule has 0 spiro atoms. The van der Waals surface area contributed by atoms with E-state index in [0.717, 1.165) is 29.3 Å². The smallest absolute Gasteiger partial charge is 0.246 e. The normalized spacial score (nSPS) is 15.0. The summed E-state index contributed by atoms with van der Waals surface area (Å²) in [5.41, 5.74) is 3.01. The van der Waals surface area contributed by atoms with Crippen LogP contribution in [0.4, 0.5) is 5.69 Å². The second-order valence-electron chi connectivity index (χ2n) is 7.19. The molecule has 2 aromatic heterocycles. The standard InChI is InChI=1S/C21H26N8O/c1-22-21(27-10-11-28(20(30)16-27)19-13-24-26(2)15-19)23-9-8-17-12-25-29(14-17)18-6-4-3-5-7-18/h3-7,12-15H,8-11,16H2,1-2H3,(H,22,23). The van der Waals surface area contributed by atoms with Crippen molar-refractivity contribution in [3.8, 4) is 5.69 Å². The monoisotopic (exact) mass is 406 g/mol. The summed E-state index contributed by atoms with van der Waals surface area (Å²) in [6.45, 7) is 2.33. The lowest BCUT2D eigenvalue weighted by atomic mass is 10.2. The Kier molecular flexibility index (Phi) is 5.78. The third-order valence-corrected chi connectivity index (χ3v) is 5.09. The molecule has 1 N–H and O–H groups in total. The van der Waals surface area contributed by atoms with Crippen LogP contribution < -0.4 is 10.2 Å². The van der Waals surface area contributed by atoms with Crippen LogP contribution in [0, 0.1) is 0 Å². The van der Waals surface area contributed by atoms with Gasteiger partial charge in [0.1, 0.15) is 6.54 Å². The molecule has 0 unspecified atom stereocenters. The zero-order valence-electron chi connectivity index (χ0n) is 17.3. The number of nitrogens with zero attached hydrogens (tertiary/aromatic N) is 7. The molecule has 0 atom stereocenters. The fourth-order valence-electron chi connectivity index (χ4n) is 3.54. The average molecular weight is 406 g/mol. The third-order valence-electron chi connectivity index (χ3n) is 5.09. The van der Waals surface area contributed by atoms with Crippen molar-refractivity contribution < 1.29 is 4.79 Å². The lowest BCUT2D eigenvalue weighted by Crippen LogP contribution is -2.55. The predicted octanol–water partition coefficient (Wildman–Crippen LogP) is 1.07. The number of anilines is 1. The molecule has 0 radical (unpaired) electrons. The van der Waals surface area contributed by atoms with E-state index in [1.165, 1.54) is 0 Å². The summed E-state index contributed by atoms with van der Waals surface area (Å²) < 4.78 is 3.58. The minimum absolute atomic E-state index is 0.0429. The number of aromatic nitrogens is 4. The fourth-order valence-corrected chi connectivity index (χ4v) is 3.54. The van der Waals surface area contributed by atoms with Crippen molar-refractivity contribution in [2.45, 2.75) is 6.42 Å². The van der Waals surface area contributed by atoms with Crippen molar-refractivity contribution in [1.82, 2.24) is 29.8 Å². The Morgan fingerprint density at radius 1 is 1.10 bits per heavy atom. The Labute approximate surface area is 175 Å². The number of aryl methyl sites for hydroxylation is 1. The lowest BCUT2D eigenvalue weighted by Gasteiger charge is -2.35. The molecule has 1 aromatic carbocycles. The highest BCUT2D eigenvalue weighted by Gasteiger charge is 2.27. The largest absolute Gasteiger partial charge is 0.356 e. The van der Waals surface area contributed by atoms with E-state index in [1.54, 1.807) is 22.8 Å².